The fraction of sp³-hybridized carbons (Fsp3) is 0.579. The number of hydrogen-bond donors (Lipinski definition) is 0. The zero-order valence-corrected chi connectivity index (χ0v) is 15.9. The summed E-state index contributed by atoms with van der Waals surface area (Å²) in [6.45, 7) is 2.81. The normalized spacial score (nSPS) is 24.7. The van der Waals surface area contributed by atoms with Crippen LogP contribution in [0.4, 0.5) is 0 Å². The zero-order valence-electron chi connectivity index (χ0n) is 15.1. The largest absolute Gasteiger partial charge is 0.340 e. The zero-order chi connectivity index (χ0) is 18.2. The van der Waals surface area contributed by atoms with Crippen molar-refractivity contribution >= 4 is 10.0 Å². The molecule has 0 N–H and O–H groups in total. The van der Waals surface area contributed by atoms with Crippen LogP contribution in [0.25, 0.3) is 0 Å². The summed E-state index contributed by atoms with van der Waals surface area (Å²) in [6.07, 6.45) is 5.13. The van der Waals surface area contributed by atoms with Gasteiger partial charge in [-0.05, 0) is 30.7 Å². The third kappa shape index (κ3) is 3.69. The summed E-state index contributed by atoms with van der Waals surface area (Å²) in [5.41, 5.74) is 0.502. The minimum absolute atomic E-state index is 0.0403. The van der Waals surface area contributed by atoms with E-state index >= 15 is 0 Å². The summed E-state index contributed by atoms with van der Waals surface area (Å²) in [6, 6.07) is 9.38. The Bertz CT molecular complexity index is 861. The molecule has 7 heteroatoms. The van der Waals surface area contributed by atoms with Gasteiger partial charge >= 0.3 is 0 Å². The maximum absolute atomic E-state index is 13.0. The molecule has 2 aliphatic rings. The molecule has 2 heterocycles. The smallest absolute Gasteiger partial charge is 0.223 e. The Morgan fingerprint density at radius 2 is 2.04 bits per heavy atom. The molecule has 4 rings (SSSR count). The van der Waals surface area contributed by atoms with Crippen LogP contribution in [0.15, 0.2) is 34.9 Å². The summed E-state index contributed by atoms with van der Waals surface area (Å²) >= 11 is 0. The van der Waals surface area contributed by atoms with E-state index < -0.39 is 10.0 Å². The number of rotatable bonds is 6. The Morgan fingerprint density at radius 1 is 1.27 bits per heavy atom. The van der Waals surface area contributed by atoms with Crippen LogP contribution in [0.2, 0.25) is 0 Å². The molecule has 26 heavy (non-hydrogen) atoms. The minimum atomic E-state index is -3.38. The van der Waals surface area contributed by atoms with Crippen LogP contribution in [-0.4, -0.2) is 36.0 Å². The summed E-state index contributed by atoms with van der Waals surface area (Å²) in [4.78, 5) is 4.49. The number of aryl methyl sites for hydroxylation is 1. The van der Waals surface area contributed by atoms with E-state index in [1.165, 1.54) is 12.8 Å². The first-order valence-electron chi connectivity index (χ1n) is 9.29. The van der Waals surface area contributed by atoms with E-state index in [1.807, 2.05) is 30.3 Å². The topological polar surface area (TPSA) is 76.3 Å². The second-order valence-electron chi connectivity index (χ2n) is 7.74. The van der Waals surface area contributed by atoms with Crippen molar-refractivity contribution in [3.63, 3.8) is 0 Å². The molecule has 140 valence electrons. The van der Waals surface area contributed by atoms with Crippen LogP contribution in [0.1, 0.15) is 49.4 Å². The average molecular weight is 375 g/mol. The highest BCUT2D eigenvalue weighted by Gasteiger charge is 2.46. The Morgan fingerprint density at radius 3 is 2.69 bits per heavy atom. The lowest BCUT2D eigenvalue weighted by Crippen LogP contribution is -2.49. The Kier molecular flexibility index (Phi) is 4.61. The lowest BCUT2D eigenvalue weighted by Gasteiger charge is -2.40. The third-order valence-electron chi connectivity index (χ3n) is 5.51. The maximum atomic E-state index is 13.0. The van der Waals surface area contributed by atoms with Crippen molar-refractivity contribution in [2.24, 2.45) is 5.92 Å². The predicted octanol–water partition coefficient (Wildman–Crippen LogP) is 3.04. The second kappa shape index (κ2) is 6.78. The molecule has 1 aromatic carbocycles. The molecule has 0 spiro atoms. The summed E-state index contributed by atoms with van der Waals surface area (Å²) < 4.78 is 33.0. The fourth-order valence-electron chi connectivity index (χ4n) is 4.03. The molecule has 2 aromatic rings. The number of hydrogen-bond acceptors (Lipinski definition) is 5. The predicted molar refractivity (Wildman–Crippen MR) is 97.9 cm³/mol. The van der Waals surface area contributed by atoms with Gasteiger partial charge in [0.15, 0.2) is 5.82 Å². The van der Waals surface area contributed by atoms with Gasteiger partial charge in [0.25, 0.3) is 0 Å². The highest BCUT2D eigenvalue weighted by molar-refractivity contribution is 7.88. The number of benzene rings is 1. The maximum Gasteiger partial charge on any atom is 0.223 e. The Balaban J connectivity index is 1.59. The summed E-state index contributed by atoms with van der Waals surface area (Å²) in [5.74, 6) is 1.92. The lowest BCUT2D eigenvalue weighted by atomic mass is 9.75. The molecule has 1 aliphatic heterocycles. The number of sulfonamides is 1. The molecule has 6 nitrogen and oxygen atoms in total. The molecule has 0 radical (unpaired) electrons. The molecule has 1 saturated heterocycles. The van der Waals surface area contributed by atoms with E-state index in [1.54, 1.807) is 11.2 Å². The summed E-state index contributed by atoms with van der Waals surface area (Å²) in [5, 5.41) is 4.19. The van der Waals surface area contributed by atoms with Gasteiger partial charge in [-0.25, -0.2) is 12.7 Å². The number of piperidine rings is 1. The van der Waals surface area contributed by atoms with Gasteiger partial charge in [-0.3, -0.25) is 0 Å². The van der Waals surface area contributed by atoms with Gasteiger partial charge in [0.2, 0.25) is 15.9 Å². The van der Waals surface area contributed by atoms with Crippen molar-refractivity contribution in [2.75, 3.05) is 13.1 Å². The molecular formula is C19H25N3O3S. The molecule has 0 amide bonds. The first-order chi connectivity index (χ1) is 12.5. The Labute approximate surface area is 154 Å². The van der Waals surface area contributed by atoms with E-state index in [4.69, 9.17) is 4.52 Å². The highest BCUT2D eigenvalue weighted by atomic mass is 32.2. The molecule has 1 unspecified atom stereocenters. The van der Waals surface area contributed by atoms with Crippen molar-refractivity contribution in [2.45, 2.75) is 50.2 Å². The first kappa shape index (κ1) is 17.7. The molecule has 1 aliphatic carbocycles. The van der Waals surface area contributed by atoms with Gasteiger partial charge in [0, 0.05) is 25.4 Å². The first-order valence-corrected chi connectivity index (χ1v) is 10.9. The molecule has 2 fully saturated rings. The van der Waals surface area contributed by atoms with Crippen LogP contribution in [0.3, 0.4) is 0 Å². The SMILES string of the molecule is Cc1nc(C2(CC3CC3)CCCN(S(=O)(=O)Cc3ccccc3)C2)no1. The fourth-order valence-corrected chi connectivity index (χ4v) is 5.68. The van der Waals surface area contributed by atoms with Gasteiger partial charge in [0.1, 0.15) is 0 Å². The molecule has 1 aromatic heterocycles. The standard InChI is InChI=1S/C19H25N3O3S/c1-15-20-18(21-25-15)19(12-16-8-9-16)10-5-11-22(14-19)26(23,24)13-17-6-3-2-4-7-17/h2-4,6-7,16H,5,8-14H2,1H3. The minimum Gasteiger partial charge on any atom is -0.340 e. The van der Waals surface area contributed by atoms with Crippen molar-refractivity contribution in [1.82, 2.24) is 14.4 Å². The van der Waals surface area contributed by atoms with Crippen molar-refractivity contribution in [1.29, 1.82) is 0 Å². The lowest BCUT2D eigenvalue weighted by molar-refractivity contribution is 0.190. The van der Waals surface area contributed by atoms with Gasteiger partial charge in [-0.1, -0.05) is 48.3 Å². The van der Waals surface area contributed by atoms with E-state index in [0.29, 0.717) is 30.7 Å². The van der Waals surface area contributed by atoms with Crippen LogP contribution < -0.4 is 0 Å². The Hall–Kier alpha value is -1.73. The van der Waals surface area contributed by atoms with Crippen molar-refractivity contribution in [3.8, 4) is 0 Å². The summed E-state index contributed by atoms with van der Waals surface area (Å²) in [7, 11) is -3.38. The molecule has 1 atom stereocenters. The number of aromatic nitrogens is 2. The second-order valence-corrected chi connectivity index (χ2v) is 9.71. The van der Waals surface area contributed by atoms with Crippen LogP contribution in [-0.2, 0) is 21.2 Å². The quantitative estimate of drug-likeness (QED) is 0.776. The van der Waals surface area contributed by atoms with Gasteiger partial charge < -0.3 is 4.52 Å². The van der Waals surface area contributed by atoms with Gasteiger partial charge in [0.05, 0.1) is 5.75 Å². The van der Waals surface area contributed by atoms with Crippen LogP contribution >= 0.6 is 0 Å². The van der Waals surface area contributed by atoms with Crippen molar-refractivity contribution in [3.05, 3.63) is 47.6 Å². The van der Waals surface area contributed by atoms with Crippen LogP contribution in [0.5, 0.6) is 0 Å². The van der Waals surface area contributed by atoms with E-state index in [2.05, 4.69) is 10.1 Å². The molecule has 1 saturated carbocycles. The number of nitrogens with zero attached hydrogens (tertiary/aromatic N) is 3. The van der Waals surface area contributed by atoms with Gasteiger partial charge in [-0.15, -0.1) is 0 Å². The van der Waals surface area contributed by atoms with Crippen molar-refractivity contribution < 1.29 is 12.9 Å². The van der Waals surface area contributed by atoms with Crippen LogP contribution in [0, 0.1) is 12.8 Å². The van der Waals surface area contributed by atoms with Gasteiger partial charge in [-0.2, -0.15) is 4.98 Å². The van der Waals surface area contributed by atoms with E-state index in [-0.39, 0.29) is 11.2 Å². The monoisotopic (exact) mass is 375 g/mol. The molecule has 0 bridgehead atoms. The highest BCUT2D eigenvalue weighted by Crippen LogP contribution is 2.46. The third-order valence-corrected chi connectivity index (χ3v) is 7.30. The molecular weight excluding hydrogens is 350 g/mol. The van der Waals surface area contributed by atoms with E-state index in [0.717, 1.165) is 24.8 Å². The van der Waals surface area contributed by atoms with E-state index in [9.17, 15) is 8.42 Å². The average Bonchev–Trinajstić information content (AvgIpc) is 3.32.